The van der Waals surface area contributed by atoms with Crippen LogP contribution in [0.25, 0.3) is 0 Å². The van der Waals surface area contributed by atoms with Crippen molar-refractivity contribution in [1.29, 1.82) is 0 Å². The lowest BCUT2D eigenvalue weighted by Gasteiger charge is -2.24. The molecular weight excluding hydrogens is 262 g/mol. The summed E-state index contributed by atoms with van der Waals surface area (Å²) >= 11 is 6.12. The average molecular weight is 286 g/mol. The smallest absolute Gasteiger partial charge is 0.224 e. The first-order chi connectivity index (χ1) is 9.10. The van der Waals surface area contributed by atoms with Crippen LogP contribution in [-0.4, -0.2) is 47.1 Å². The Morgan fingerprint density at radius 3 is 2.58 bits per heavy atom. The summed E-state index contributed by atoms with van der Waals surface area (Å²) in [6.45, 7) is 12.3. The monoisotopic (exact) mass is 285 g/mol. The second-order valence-electron chi connectivity index (χ2n) is 4.45. The van der Waals surface area contributed by atoms with Gasteiger partial charge in [-0.25, -0.2) is 4.98 Å². The van der Waals surface area contributed by atoms with Gasteiger partial charge in [-0.05, 0) is 26.9 Å². The quantitative estimate of drug-likeness (QED) is 0.769. The van der Waals surface area contributed by atoms with Gasteiger partial charge >= 0.3 is 0 Å². The molecule has 0 aromatic carbocycles. The van der Waals surface area contributed by atoms with Gasteiger partial charge in [0.25, 0.3) is 0 Å². The molecular formula is C13H24ClN5. The van der Waals surface area contributed by atoms with Crippen LogP contribution in [0, 0.1) is 0 Å². The Balaban J connectivity index is 2.66. The Morgan fingerprint density at radius 1 is 1.32 bits per heavy atom. The van der Waals surface area contributed by atoms with Crippen LogP contribution in [0.4, 0.5) is 11.8 Å². The number of nitrogens with one attached hydrogen (secondary N) is 2. The third-order valence-corrected chi connectivity index (χ3v) is 3.17. The van der Waals surface area contributed by atoms with E-state index in [0.29, 0.717) is 16.8 Å². The zero-order valence-electron chi connectivity index (χ0n) is 12.2. The number of nitrogens with zero attached hydrogens (tertiary/aromatic N) is 3. The Morgan fingerprint density at radius 2 is 2.00 bits per heavy atom. The molecule has 1 atom stereocenters. The van der Waals surface area contributed by atoms with Crippen molar-refractivity contribution in [2.24, 2.45) is 0 Å². The zero-order chi connectivity index (χ0) is 14.3. The van der Waals surface area contributed by atoms with Crippen molar-refractivity contribution in [3.8, 4) is 0 Å². The van der Waals surface area contributed by atoms with E-state index < -0.39 is 0 Å². The van der Waals surface area contributed by atoms with Gasteiger partial charge in [0.2, 0.25) is 5.95 Å². The van der Waals surface area contributed by atoms with E-state index in [4.69, 9.17) is 11.6 Å². The van der Waals surface area contributed by atoms with E-state index in [1.54, 1.807) is 6.20 Å². The summed E-state index contributed by atoms with van der Waals surface area (Å²) in [5.74, 6) is 1.29. The first-order valence-corrected chi connectivity index (χ1v) is 7.23. The lowest BCUT2D eigenvalue weighted by Crippen LogP contribution is -2.35. The highest BCUT2D eigenvalue weighted by Crippen LogP contribution is 2.20. The minimum absolute atomic E-state index is 0.279. The van der Waals surface area contributed by atoms with Crippen molar-refractivity contribution in [2.45, 2.75) is 33.7 Å². The van der Waals surface area contributed by atoms with Crippen molar-refractivity contribution in [2.75, 3.05) is 36.8 Å². The number of hydrogen-bond acceptors (Lipinski definition) is 5. The minimum atomic E-state index is 0.279. The van der Waals surface area contributed by atoms with Gasteiger partial charge in [-0.2, -0.15) is 4.98 Å². The van der Waals surface area contributed by atoms with Crippen LogP contribution in [0.5, 0.6) is 0 Å². The van der Waals surface area contributed by atoms with Crippen molar-refractivity contribution >= 4 is 23.4 Å². The number of hydrogen-bond donors (Lipinski definition) is 2. The molecule has 0 spiro atoms. The molecule has 0 bridgehead atoms. The summed E-state index contributed by atoms with van der Waals surface area (Å²) in [5, 5.41) is 6.97. The Bertz CT molecular complexity index is 381. The summed E-state index contributed by atoms with van der Waals surface area (Å²) in [7, 11) is 0. The Kier molecular flexibility index (Phi) is 6.87. The van der Waals surface area contributed by atoms with Gasteiger partial charge < -0.3 is 15.5 Å². The molecule has 19 heavy (non-hydrogen) atoms. The van der Waals surface area contributed by atoms with Crippen LogP contribution in [-0.2, 0) is 0 Å². The molecule has 0 saturated carbocycles. The normalized spacial score (nSPS) is 12.5. The van der Waals surface area contributed by atoms with Crippen LogP contribution in [0.15, 0.2) is 6.20 Å². The Hall–Kier alpha value is -1.07. The minimum Gasteiger partial charge on any atom is -0.365 e. The third kappa shape index (κ3) is 5.20. The highest BCUT2D eigenvalue weighted by Gasteiger charge is 2.11. The molecule has 0 fully saturated rings. The van der Waals surface area contributed by atoms with E-state index in [1.807, 2.05) is 6.92 Å². The average Bonchev–Trinajstić information content (AvgIpc) is 2.40. The van der Waals surface area contributed by atoms with Gasteiger partial charge in [-0.3, -0.25) is 0 Å². The molecule has 0 radical (unpaired) electrons. The van der Waals surface area contributed by atoms with Crippen molar-refractivity contribution in [1.82, 2.24) is 14.9 Å². The summed E-state index contributed by atoms with van der Waals surface area (Å²) in [6, 6.07) is 0.279. The molecule has 1 aromatic heterocycles. The molecule has 0 aliphatic carbocycles. The highest BCUT2D eigenvalue weighted by atomic mass is 35.5. The van der Waals surface area contributed by atoms with E-state index in [2.05, 4.69) is 46.3 Å². The van der Waals surface area contributed by atoms with Gasteiger partial charge in [0.1, 0.15) is 5.02 Å². The van der Waals surface area contributed by atoms with Gasteiger partial charge in [0, 0.05) is 19.1 Å². The number of halogens is 1. The summed E-state index contributed by atoms with van der Waals surface area (Å²) in [6.07, 6.45) is 1.62. The molecule has 0 aliphatic heterocycles. The van der Waals surface area contributed by atoms with Gasteiger partial charge in [0.15, 0.2) is 5.82 Å². The summed E-state index contributed by atoms with van der Waals surface area (Å²) in [5.41, 5.74) is 0. The van der Waals surface area contributed by atoms with Crippen LogP contribution < -0.4 is 10.6 Å². The molecule has 6 heteroatoms. The maximum absolute atomic E-state index is 6.12. The summed E-state index contributed by atoms with van der Waals surface area (Å²) in [4.78, 5) is 10.9. The van der Waals surface area contributed by atoms with Crippen LogP contribution in [0.2, 0.25) is 5.02 Å². The molecule has 2 N–H and O–H groups in total. The lowest BCUT2D eigenvalue weighted by molar-refractivity contribution is 0.294. The van der Waals surface area contributed by atoms with Crippen LogP contribution in [0.3, 0.4) is 0 Å². The zero-order valence-corrected chi connectivity index (χ0v) is 13.0. The fourth-order valence-corrected chi connectivity index (χ4v) is 2.01. The van der Waals surface area contributed by atoms with Gasteiger partial charge in [0.05, 0.1) is 6.20 Å². The number of anilines is 2. The number of likely N-dealkylation sites (N-methyl/N-ethyl adjacent to an activating group) is 1. The van der Waals surface area contributed by atoms with E-state index in [0.717, 1.165) is 26.2 Å². The molecule has 1 rings (SSSR count). The first-order valence-electron chi connectivity index (χ1n) is 6.85. The Labute approximate surface area is 120 Å². The number of rotatable bonds is 8. The van der Waals surface area contributed by atoms with Crippen molar-refractivity contribution in [3.63, 3.8) is 0 Å². The SMILES string of the molecule is CCNc1ncc(Cl)c(NC(C)CN(CC)CC)n1. The van der Waals surface area contributed by atoms with Crippen LogP contribution >= 0.6 is 11.6 Å². The molecule has 1 aromatic rings. The van der Waals surface area contributed by atoms with E-state index in [9.17, 15) is 0 Å². The summed E-state index contributed by atoms with van der Waals surface area (Å²) < 4.78 is 0. The molecule has 0 aliphatic rings. The lowest BCUT2D eigenvalue weighted by atomic mass is 10.3. The highest BCUT2D eigenvalue weighted by molar-refractivity contribution is 6.32. The second kappa shape index (κ2) is 8.17. The standard InChI is InChI=1S/C13H24ClN5/c1-5-15-13-16-8-11(14)12(18-13)17-10(4)9-19(6-2)7-3/h8,10H,5-7,9H2,1-4H3,(H2,15,16,17,18). The predicted molar refractivity (Wildman–Crippen MR) is 82.1 cm³/mol. The fraction of sp³-hybridized carbons (Fsp3) is 0.692. The van der Waals surface area contributed by atoms with Gasteiger partial charge in [-0.1, -0.05) is 25.4 Å². The predicted octanol–water partition coefficient (Wildman–Crippen LogP) is 2.70. The topological polar surface area (TPSA) is 53.1 Å². The molecule has 5 nitrogen and oxygen atoms in total. The third-order valence-electron chi connectivity index (χ3n) is 2.89. The van der Waals surface area contributed by atoms with Crippen molar-refractivity contribution in [3.05, 3.63) is 11.2 Å². The van der Waals surface area contributed by atoms with Crippen LogP contribution in [0.1, 0.15) is 27.7 Å². The maximum Gasteiger partial charge on any atom is 0.224 e. The van der Waals surface area contributed by atoms with E-state index in [1.165, 1.54) is 0 Å². The molecule has 108 valence electrons. The molecule has 1 unspecified atom stereocenters. The van der Waals surface area contributed by atoms with E-state index in [-0.39, 0.29) is 6.04 Å². The van der Waals surface area contributed by atoms with Gasteiger partial charge in [-0.15, -0.1) is 0 Å². The molecule has 1 heterocycles. The maximum atomic E-state index is 6.12. The second-order valence-corrected chi connectivity index (χ2v) is 4.86. The molecule has 0 amide bonds. The first kappa shape index (κ1) is 16.0. The molecule has 0 saturated heterocycles. The largest absolute Gasteiger partial charge is 0.365 e. The van der Waals surface area contributed by atoms with Crippen molar-refractivity contribution < 1.29 is 0 Å². The van der Waals surface area contributed by atoms with E-state index >= 15 is 0 Å². The fourth-order valence-electron chi connectivity index (χ4n) is 1.86. The number of aromatic nitrogens is 2.